The fraction of sp³-hybridized carbons (Fsp3) is 0.250. The van der Waals surface area contributed by atoms with E-state index in [0.29, 0.717) is 0 Å². The largest absolute Gasteiger partial charge is 0.229 e. The first kappa shape index (κ1) is 20.3. The first-order chi connectivity index (χ1) is 9.97. The minimum Gasteiger partial charge on any atom is -0.229 e. The molecule has 0 amide bonds. The van der Waals surface area contributed by atoms with E-state index in [9.17, 15) is 16.8 Å². The van der Waals surface area contributed by atoms with Crippen molar-refractivity contribution in [1.29, 1.82) is 0 Å². The summed E-state index contributed by atoms with van der Waals surface area (Å²) in [7, 11) is -5.33. The van der Waals surface area contributed by atoms with Crippen molar-refractivity contribution in [3.05, 3.63) is 60.7 Å². The van der Waals surface area contributed by atoms with Crippen LogP contribution in [0.2, 0.25) is 0 Å². The van der Waals surface area contributed by atoms with E-state index in [1.54, 1.807) is 0 Å². The highest BCUT2D eigenvalue weighted by molar-refractivity contribution is 7.90. The Bertz CT molecular complexity index is 652. The van der Waals surface area contributed by atoms with Crippen LogP contribution in [0, 0.1) is 0 Å². The van der Waals surface area contributed by atoms with Crippen LogP contribution in [0.25, 0.3) is 11.1 Å². The first-order valence-corrected chi connectivity index (χ1v) is 11.0. The van der Waals surface area contributed by atoms with Crippen molar-refractivity contribution in [2.45, 2.75) is 0 Å². The van der Waals surface area contributed by atoms with Crippen LogP contribution in [0.5, 0.6) is 0 Å². The van der Waals surface area contributed by atoms with Crippen LogP contribution in [0.4, 0.5) is 0 Å². The lowest BCUT2D eigenvalue weighted by Gasteiger charge is -1.98. The van der Waals surface area contributed by atoms with Gasteiger partial charge >= 0.3 is 0 Å². The summed E-state index contributed by atoms with van der Waals surface area (Å²) in [5.74, 6) is 0. The van der Waals surface area contributed by atoms with Crippen molar-refractivity contribution in [3.8, 4) is 11.1 Å². The molecule has 2 rings (SSSR count). The van der Waals surface area contributed by atoms with Gasteiger partial charge in [-0.2, -0.15) is 0 Å². The fourth-order valence-electron chi connectivity index (χ4n) is 1.26. The zero-order valence-corrected chi connectivity index (χ0v) is 14.9. The molecule has 0 aromatic heterocycles. The van der Waals surface area contributed by atoms with Crippen molar-refractivity contribution in [3.63, 3.8) is 0 Å². The highest BCUT2D eigenvalue weighted by atomic mass is 32.2. The predicted octanol–water partition coefficient (Wildman–Crippen LogP) is 2.68. The standard InChI is InChI=1S/C12H10.2C2H6O2S/c1-3-7-11(8-4-1)12-9-5-2-6-10-12;2*1-5(2,3)4/h1-10H;2*1-2H3. The molecule has 0 fully saturated rings. The van der Waals surface area contributed by atoms with E-state index in [1.165, 1.54) is 11.1 Å². The Morgan fingerprint density at radius 1 is 0.500 bits per heavy atom. The van der Waals surface area contributed by atoms with Crippen LogP contribution in [-0.2, 0) is 19.7 Å². The molecule has 0 N–H and O–H groups in total. The Hall–Kier alpha value is -1.66. The van der Waals surface area contributed by atoms with E-state index in [4.69, 9.17) is 0 Å². The summed E-state index contributed by atoms with van der Waals surface area (Å²) in [6, 6.07) is 20.8. The molecule has 0 bridgehead atoms. The molecule has 0 heterocycles. The molecule has 2 aromatic rings. The number of sulfone groups is 2. The SMILES string of the molecule is CS(C)(=O)=O.CS(C)(=O)=O.c1ccc(-c2ccccc2)cc1. The number of hydrogen-bond acceptors (Lipinski definition) is 4. The minimum absolute atomic E-state index is 1.16. The predicted molar refractivity (Wildman–Crippen MR) is 93.4 cm³/mol. The third-order valence-corrected chi connectivity index (χ3v) is 1.88. The van der Waals surface area contributed by atoms with Crippen molar-refractivity contribution in [1.82, 2.24) is 0 Å². The smallest absolute Gasteiger partial charge is 0.144 e. The molecule has 0 saturated heterocycles. The highest BCUT2D eigenvalue weighted by Crippen LogP contribution is 2.17. The molecular weight excluding hydrogens is 320 g/mol. The fourth-order valence-corrected chi connectivity index (χ4v) is 1.26. The van der Waals surface area contributed by atoms with Crippen molar-refractivity contribution >= 4 is 19.7 Å². The van der Waals surface area contributed by atoms with E-state index in [0.717, 1.165) is 25.0 Å². The Kier molecular flexibility index (Phi) is 8.67. The van der Waals surface area contributed by atoms with Gasteiger partial charge in [-0.1, -0.05) is 60.7 Å². The van der Waals surface area contributed by atoms with Crippen LogP contribution >= 0.6 is 0 Å². The van der Waals surface area contributed by atoms with Gasteiger partial charge in [0.2, 0.25) is 0 Å². The summed E-state index contributed by atoms with van der Waals surface area (Å²) < 4.78 is 38.5. The molecular formula is C16H22O4S2. The van der Waals surface area contributed by atoms with Gasteiger partial charge in [-0.25, -0.2) is 16.8 Å². The Morgan fingerprint density at radius 2 is 0.682 bits per heavy atom. The summed E-state index contributed by atoms with van der Waals surface area (Å²) in [4.78, 5) is 0. The number of rotatable bonds is 1. The molecule has 0 unspecified atom stereocenters. The zero-order chi connectivity index (χ0) is 17.2. The van der Waals surface area contributed by atoms with Crippen LogP contribution in [0.3, 0.4) is 0 Å². The van der Waals surface area contributed by atoms with Gasteiger partial charge in [0.1, 0.15) is 19.7 Å². The quantitative estimate of drug-likeness (QED) is 0.799. The van der Waals surface area contributed by atoms with Crippen LogP contribution < -0.4 is 0 Å². The lowest BCUT2D eigenvalue weighted by molar-refractivity contribution is 0.605. The first-order valence-electron chi connectivity index (χ1n) is 6.37. The summed E-state index contributed by atoms with van der Waals surface area (Å²) in [6.45, 7) is 0. The molecule has 0 atom stereocenters. The van der Waals surface area contributed by atoms with E-state index in [-0.39, 0.29) is 0 Å². The average Bonchev–Trinajstić information content (AvgIpc) is 2.37. The van der Waals surface area contributed by atoms with Gasteiger partial charge in [0.25, 0.3) is 0 Å². The molecule has 0 saturated carbocycles. The third kappa shape index (κ3) is 16.4. The molecule has 0 aliphatic rings. The van der Waals surface area contributed by atoms with Gasteiger partial charge in [-0.15, -0.1) is 0 Å². The summed E-state index contributed by atoms with van der Waals surface area (Å²) in [6.07, 6.45) is 4.64. The maximum absolute atomic E-state index is 9.63. The zero-order valence-electron chi connectivity index (χ0n) is 13.2. The van der Waals surface area contributed by atoms with Gasteiger partial charge in [0.15, 0.2) is 0 Å². The van der Waals surface area contributed by atoms with Crippen molar-refractivity contribution in [2.24, 2.45) is 0 Å². The lowest BCUT2D eigenvalue weighted by Crippen LogP contribution is -1.86. The third-order valence-electron chi connectivity index (χ3n) is 1.88. The summed E-state index contributed by atoms with van der Waals surface area (Å²) in [5.41, 5.74) is 2.55. The Morgan fingerprint density at radius 3 is 0.864 bits per heavy atom. The molecule has 4 nitrogen and oxygen atoms in total. The van der Waals surface area contributed by atoms with E-state index >= 15 is 0 Å². The average molecular weight is 342 g/mol. The van der Waals surface area contributed by atoms with Gasteiger partial charge in [0, 0.05) is 25.0 Å². The van der Waals surface area contributed by atoms with Gasteiger partial charge in [0.05, 0.1) is 0 Å². The van der Waals surface area contributed by atoms with Gasteiger partial charge < -0.3 is 0 Å². The lowest BCUT2D eigenvalue weighted by atomic mass is 10.1. The van der Waals surface area contributed by atoms with E-state index in [2.05, 4.69) is 48.5 Å². The molecule has 0 radical (unpaired) electrons. The van der Waals surface area contributed by atoms with Gasteiger partial charge in [-0.05, 0) is 11.1 Å². The van der Waals surface area contributed by atoms with Crippen LogP contribution in [-0.4, -0.2) is 41.9 Å². The molecule has 2 aromatic carbocycles. The summed E-state index contributed by atoms with van der Waals surface area (Å²) >= 11 is 0. The number of hydrogen-bond donors (Lipinski definition) is 0. The second-order valence-corrected chi connectivity index (χ2v) is 9.59. The molecule has 22 heavy (non-hydrogen) atoms. The molecule has 0 spiro atoms. The minimum atomic E-state index is -2.67. The maximum atomic E-state index is 9.63. The molecule has 122 valence electrons. The second kappa shape index (κ2) is 9.38. The second-order valence-electron chi connectivity index (χ2n) is 5.02. The normalized spacial score (nSPS) is 10.5. The van der Waals surface area contributed by atoms with Gasteiger partial charge in [-0.3, -0.25) is 0 Å². The maximum Gasteiger partial charge on any atom is 0.144 e. The summed E-state index contributed by atoms with van der Waals surface area (Å²) in [5, 5.41) is 0. The topological polar surface area (TPSA) is 68.3 Å². The molecule has 0 aliphatic heterocycles. The van der Waals surface area contributed by atoms with Crippen LogP contribution in [0.1, 0.15) is 0 Å². The highest BCUT2D eigenvalue weighted by Gasteiger charge is 1.91. The molecule has 0 aliphatic carbocycles. The van der Waals surface area contributed by atoms with E-state index in [1.807, 2.05) is 12.1 Å². The Labute approximate surface area is 133 Å². The monoisotopic (exact) mass is 342 g/mol. The number of benzene rings is 2. The van der Waals surface area contributed by atoms with E-state index < -0.39 is 19.7 Å². The van der Waals surface area contributed by atoms with Crippen LogP contribution in [0.15, 0.2) is 60.7 Å². The van der Waals surface area contributed by atoms with Crippen molar-refractivity contribution in [2.75, 3.05) is 25.0 Å². The van der Waals surface area contributed by atoms with Crippen molar-refractivity contribution < 1.29 is 16.8 Å². The molecule has 6 heteroatoms. The Balaban J connectivity index is 0.000000372.